The Labute approximate surface area is 116 Å². The van der Waals surface area contributed by atoms with Gasteiger partial charge in [-0.1, -0.05) is 0 Å². The van der Waals surface area contributed by atoms with E-state index in [-0.39, 0.29) is 18.0 Å². The van der Waals surface area contributed by atoms with Crippen LogP contribution in [0.15, 0.2) is 30.3 Å². The summed E-state index contributed by atoms with van der Waals surface area (Å²) >= 11 is 1.76. The van der Waals surface area contributed by atoms with Crippen LogP contribution in [0.4, 0.5) is 4.39 Å². The van der Waals surface area contributed by atoms with E-state index in [0.29, 0.717) is 0 Å². The highest BCUT2D eigenvalue weighted by Gasteiger charge is 2.29. The number of fused-ring (bicyclic) bond motifs is 1. The average Bonchev–Trinajstić information content (AvgIpc) is 2.84. The lowest BCUT2D eigenvalue weighted by molar-refractivity contribution is 0.156. The quantitative estimate of drug-likeness (QED) is 0.896. The fraction of sp³-hybridized carbons (Fsp3) is 0.333. The summed E-state index contributed by atoms with van der Waals surface area (Å²) in [7, 11) is 1.90. The zero-order valence-electron chi connectivity index (χ0n) is 10.9. The molecule has 1 aliphatic rings. The molecule has 0 fully saturated rings. The van der Waals surface area contributed by atoms with E-state index in [9.17, 15) is 4.39 Å². The number of halogens is 1. The van der Waals surface area contributed by atoms with Crippen LogP contribution in [0.3, 0.4) is 0 Å². The Morgan fingerprint density at radius 2 is 2.16 bits per heavy atom. The summed E-state index contributed by atoms with van der Waals surface area (Å²) in [6, 6.07) is 9.10. The van der Waals surface area contributed by atoms with Crippen molar-refractivity contribution in [3.8, 4) is 5.75 Å². The first kappa shape index (κ1) is 12.6. The molecule has 19 heavy (non-hydrogen) atoms. The largest absolute Gasteiger partial charge is 0.484 e. The van der Waals surface area contributed by atoms with Crippen LogP contribution in [0.25, 0.3) is 0 Å². The molecule has 1 aliphatic heterocycles. The molecule has 1 aromatic heterocycles. The van der Waals surface area contributed by atoms with Crippen molar-refractivity contribution in [2.45, 2.75) is 25.5 Å². The molecule has 1 N–H and O–H groups in total. The Balaban J connectivity index is 1.95. The predicted molar refractivity (Wildman–Crippen MR) is 75.2 cm³/mol. The van der Waals surface area contributed by atoms with Gasteiger partial charge in [0.15, 0.2) is 0 Å². The maximum atomic E-state index is 13.3. The second-order valence-electron chi connectivity index (χ2n) is 4.81. The number of benzene rings is 1. The van der Waals surface area contributed by atoms with Crippen LogP contribution < -0.4 is 10.1 Å². The monoisotopic (exact) mass is 277 g/mol. The van der Waals surface area contributed by atoms with E-state index in [2.05, 4.69) is 24.4 Å². The van der Waals surface area contributed by atoms with Crippen molar-refractivity contribution in [1.29, 1.82) is 0 Å². The minimum Gasteiger partial charge on any atom is -0.484 e. The normalized spacial score (nSPS) is 21.8. The van der Waals surface area contributed by atoms with E-state index in [0.717, 1.165) is 17.7 Å². The first-order chi connectivity index (χ1) is 9.17. The minimum atomic E-state index is -0.215. The van der Waals surface area contributed by atoms with Crippen LogP contribution in [0.2, 0.25) is 0 Å². The highest BCUT2D eigenvalue weighted by molar-refractivity contribution is 7.12. The molecule has 100 valence electrons. The van der Waals surface area contributed by atoms with Gasteiger partial charge in [0, 0.05) is 27.8 Å². The molecular formula is C15H16FNOS. The van der Waals surface area contributed by atoms with Gasteiger partial charge in [-0.15, -0.1) is 11.3 Å². The van der Waals surface area contributed by atoms with Crippen molar-refractivity contribution in [3.63, 3.8) is 0 Å². The molecule has 0 saturated heterocycles. The molecular weight excluding hydrogens is 261 g/mol. The van der Waals surface area contributed by atoms with Gasteiger partial charge in [0.25, 0.3) is 0 Å². The van der Waals surface area contributed by atoms with E-state index in [1.54, 1.807) is 23.5 Å². The molecule has 3 rings (SSSR count). The predicted octanol–water partition coefficient (Wildman–Crippen LogP) is 3.98. The molecule has 1 aromatic carbocycles. The van der Waals surface area contributed by atoms with E-state index in [1.165, 1.54) is 15.8 Å². The first-order valence-corrected chi connectivity index (χ1v) is 7.18. The molecule has 0 spiro atoms. The number of ether oxygens (including phenoxy) is 1. The Hall–Kier alpha value is -1.39. The lowest BCUT2D eigenvalue weighted by atomic mass is 9.96. The van der Waals surface area contributed by atoms with Crippen molar-refractivity contribution < 1.29 is 9.13 Å². The third-order valence-electron chi connectivity index (χ3n) is 3.49. The molecule has 2 unspecified atom stereocenters. The fourth-order valence-corrected chi connectivity index (χ4v) is 3.44. The number of aryl methyl sites for hydroxylation is 1. The molecule has 2 atom stereocenters. The molecule has 0 radical (unpaired) electrons. The Morgan fingerprint density at radius 3 is 2.84 bits per heavy atom. The Morgan fingerprint density at radius 1 is 1.32 bits per heavy atom. The second kappa shape index (κ2) is 4.94. The van der Waals surface area contributed by atoms with Crippen LogP contribution in [0.5, 0.6) is 5.75 Å². The second-order valence-corrected chi connectivity index (χ2v) is 6.13. The van der Waals surface area contributed by atoms with Crippen LogP contribution in [-0.4, -0.2) is 7.05 Å². The van der Waals surface area contributed by atoms with Crippen molar-refractivity contribution >= 4 is 11.3 Å². The average molecular weight is 277 g/mol. The molecule has 2 heterocycles. The molecule has 0 aliphatic carbocycles. The van der Waals surface area contributed by atoms with Crippen molar-refractivity contribution in [1.82, 2.24) is 5.32 Å². The topological polar surface area (TPSA) is 21.3 Å². The van der Waals surface area contributed by atoms with Gasteiger partial charge in [-0.2, -0.15) is 0 Å². The van der Waals surface area contributed by atoms with Crippen LogP contribution in [0, 0.1) is 12.7 Å². The Bertz CT molecular complexity index is 596. The van der Waals surface area contributed by atoms with Crippen LogP contribution >= 0.6 is 11.3 Å². The van der Waals surface area contributed by atoms with E-state index in [4.69, 9.17) is 4.74 Å². The lowest BCUT2D eigenvalue weighted by Gasteiger charge is -2.31. The van der Waals surface area contributed by atoms with Gasteiger partial charge in [0.2, 0.25) is 0 Å². The summed E-state index contributed by atoms with van der Waals surface area (Å²) in [6.07, 6.45) is 0.876. The maximum absolute atomic E-state index is 13.3. The van der Waals surface area contributed by atoms with Crippen molar-refractivity contribution in [3.05, 3.63) is 51.5 Å². The summed E-state index contributed by atoms with van der Waals surface area (Å²) < 4.78 is 19.4. The van der Waals surface area contributed by atoms with Gasteiger partial charge >= 0.3 is 0 Å². The Kier molecular flexibility index (Phi) is 3.29. The molecule has 0 bridgehead atoms. The zero-order valence-corrected chi connectivity index (χ0v) is 11.8. The molecule has 2 aromatic rings. The smallest absolute Gasteiger partial charge is 0.135 e. The molecule has 4 heteroatoms. The first-order valence-electron chi connectivity index (χ1n) is 6.37. The highest BCUT2D eigenvalue weighted by Crippen LogP contribution is 2.42. The van der Waals surface area contributed by atoms with Crippen molar-refractivity contribution in [2.75, 3.05) is 7.05 Å². The number of hydrogen-bond donors (Lipinski definition) is 1. The van der Waals surface area contributed by atoms with Crippen LogP contribution in [-0.2, 0) is 0 Å². The number of rotatable bonds is 2. The molecule has 0 amide bonds. The summed E-state index contributed by atoms with van der Waals surface area (Å²) in [4.78, 5) is 2.51. The molecule has 0 saturated carbocycles. The van der Waals surface area contributed by atoms with E-state index < -0.39 is 0 Å². The van der Waals surface area contributed by atoms with Gasteiger partial charge in [-0.25, -0.2) is 4.39 Å². The van der Waals surface area contributed by atoms with Gasteiger partial charge in [-0.05, 0) is 44.3 Å². The summed E-state index contributed by atoms with van der Waals surface area (Å²) in [5, 5.41) is 3.25. The zero-order chi connectivity index (χ0) is 13.4. The standard InChI is InChI=1S/C15H16FNOS/c1-9-3-6-15(19-9)14-8-12(17-2)11-7-10(16)4-5-13(11)18-14/h3-7,12,14,17H,8H2,1-2H3. The van der Waals surface area contributed by atoms with E-state index in [1.807, 2.05) is 7.05 Å². The third-order valence-corrected chi connectivity index (χ3v) is 4.59. The van der Waals surface area contributed by atoms with Crippen LogP contribution in [0.1, 0.15) is 33.9 Å². The summed E-state index contributed by atoms with van der Waals surface area (Å²) in [6.45, 7) is 2.09. The lowest BCUT2D eigenvalue weighted by Crippen LogP contribution is -2.26. The highest BCUT2D eigenvalue weighted by atomic mass is 32.1. The minimum absolute atomic E-state index is 0.0501. The summed E-state index contributed by atoms with van der Waals surface area (Å²) in [5.74, 6) is 0.566. The van der Waals surface area contributed by atoms with Gasteiger partial charge < -0.3 is 10.1 Å². The van der Waals surface area contributed by atoms with Crippen molar-refractivity contribution in [2.24, 2.45) is 0 Å². The van der Waals surface area contributed by atoms with Gasteiger partial charge in [0.05, 0.1) is 0 Å². The maximum Gasteiger partial charge on any atom is 0.135 e. The number of nitrogens with one attached hydrogen (secondary N) is 1. The summed E-state index contributed by atoms with van der Waals surface area (Å²) in [5.41, 5.74) is 0.909. The van der Waals surface area contributed by atoms with E-state index >= 15 is 0 Å². The van der Waals surface area contributed by atoms with Gasteiger partial charge in [-0.3, -0.25) is 0 Å². The third kappa shape index (κ3) is 2.38. The number of thiophene rings is 1. The SMILES string of the molecule is CNC1CC(c2ccc(C)s2)Oc2ccc(F)cc21. The number of hydrogen-bond acceptors (Lipinski definition) is 3. The fourth-order valence-electron chi connectivity index (χ4n) is 2.52. The van der Waals surface area contributed by atoms with Gasteiger partial charge in [0.1, 0.15) is 17.7 Å². The molecule has 2 nitrogen and oxygen atoms in total.